The quantitative estimate of drug-likeness (QED) is 0.722. The molecule has 1 aromatic heterocycles. The van der Waals surface area contributed by atoms with Crippen LogP contribution in [0.2, 0.25) is 0 Å². The number of nitrogens with zero attached hydrogens (tertiary/aromatic N) is 3. The molecule has 0 bridgehead atoms. The minimum atomic E-state index is -3.12. The van der Waals surface area contributed by atoms with E-state index in [-0.39, 0.29) is 0 Å². The van der Waals surface area contributed by atoms with E-state index >= 15 is 0 Å². The highest BCUT2D eigenvalue weighted by atomic mass is 32.2. The van der Waals surface area contributed by atoms with Crippen molar-refractivity contribution in [3.05, 3.63) is 17.5 Å². The largest absolute Gasteiger partial charge is 0.271 e. The first kappa shape index (κ1) is 11.2. The topological polar surface area (TPSA) is 55.2 Å². The second-order valence-electron chi connectivity index (χ2n) is 3.42. The molecule has 0 aliphatic rings. The highest BCUT2D eigenvalue weighted by molar-refractivity contribution is 7.88. The summed E-state index contributed by atoms with van der Waals surface area (Å²) in [5.74, 6) is 0. The van der Waals surface area contributed by atoms with Crippen LogP contribution >= 0.6 is 0 Å². The molecule has 0 amide bonds. The van der Waals surface area contributed by atoms with Crippen LogP contribution in [0.1, 0.15) is 11.4 Å². The Morgan fingerprint density at radius 2 is 2.14 bits per heavy atom. The van der Waals surface area contributed by atoms with Gasteiger partial charge < -0.3 is 0 Å². The van der Waals surface area contributed by atoms with E-state index < -0.39 is 10.0 Å². The van der Waals surface area contributed by atoms with Crippen molar-refractivity contribution < 1.29 is 8.42 Å². The SMILES string of the molecule is Cc1cc(CN(C)S(C)(=O)=O)n(C)n1. The van der Waals surface area contributed by atoms with Crippen molar-refractivity contribution in [1.29, 1.82) is 0 Å². The summed E-state index contributed by atoms with van der Waals surface area (Å²) in [5, 5.41) is 4.14. The Hall–Kier alpha value is -0.880. The molecule has 0 spiro atoms. The molecule has 1 aromatic rings. The maximum atomic E-state index is 11.1. The third-order valence-corrected chi connectivity index (χ3v) is 3.31. The van der Waals surface area contributed by atoms with Gasteiger partial charge in [0.1, 0.15) is 0 Å². The van der Waals surface area contributed by atoms with Crippen LogP contribution in [-0.4, -0.2) is 35.8 Å². The van der Waals surface area contributed by atoms with Gasteiger partial charge in [-0.1, -0.05) is 0 Å². The molecule has 0 aliphatic carbocycles. The van der Waals surface area contributed by atoms with Crippen LogP contribution in [0.3, 0.4) is 0 Å². The van der Waals surface area contributed by atoms with Crippen molar-refractivity contribution in [2.24, 2.45) is 7.05 Å². The van der Waals surface area contributed by atoms with Crippen LogP contribution in [0.15, 0.2) is 6.07 Å². The second kappa shape index (κ2) is 3.70. The molecule has 0 fully saturated rings. The van der Waals surface area contributed by atoms with Gasteiger partial charge in [-0.05, 0) is 13.0 Å². The number of aromatic nitrogens is 2. The monoisotopic (exact) mass is 217 g/mol. The number of sulfonamides is 1. The van der Waals surface area contributed by atoms with Crippen LogP contribution in [0.4, 0.5) is 0 Å². The normalized spacial score (nSPS) is 12.4. The van der Waals surface area contributed by atoms with Gasteiger partial charge in [-0.15, -0.1) is 0 Å². The molecular weight excluding hydrogens is 202 g/mol. The van der Waals surface area contributed by atoms with E-state index in [1.165, 1.54) is 10.6 Å². The molecule has 14 heavy (non-hydrogen) atoms. The summed E-state index contributed by atoms with van der Waals surface area (Å²) < 4.78 is 25.3. The van der Waals surface area contributed by atoms with Gasteiger partial charge >= 0.3 is 0 Å². The fourth-order valence-corrected chi connectivity index (χ4v) is 1.52. The van der Waals surface area contributed by atoms with E-state index in [2.05, 4.69) is 5.10 Å². The van der Waals surface area contributed by atoms with Crippen molar-refractivity contribution >= 4 is 10.0 Å². The predicted octanol–water partition coefficient (Wildman–Crippen LogP) is 0.120. The van der Waals surface area contributed by atoms with Gasteiger partial charge in [0.2, 0.25) is 10.0 Å². The molecule has 0 atom stereocenters. The van der Waals surface area contributed by atoms with Crippen molar-refractivity contribution in [2.75, 3.05) is 13.3 Å². The van der Waals surface area contributed by atoms with Gasteiger partial charge in [-0.2, -0.15) is 9.40 Å². The Morgan fingerprint density at radius 1 is 1.57 bits per heavy atom. The zero-order valence-corrected chi connectivity index (χ0v) is 9.67. The molecule has 6 heteroatoms. The lowest BCUT2D eigenvalue weighted by Gasteiger charge is -2.13. The van der Waals surface area contributed by atoms with Crippen molar-refractivity contribution in [3.8, 4) is 0 Å². The molecule has 0 unspecified atom stereocenters. The third kappa shape index (κ3) is 2.55. The minimum Gasteiger partial charge on any atom is -0.271 e. The molecular formula is C8H15N3O2S. The average molecular weight is 217 g/mol. The maximum absolute atomic E-state index is 11.1. The lowest BCUT2D eigenvalue weighted by atomic mass is 10.4. The molecule has 1 rings (SSSR count). The highest BCUT2D eigenvalue weighted by Gasteiger charge is 2.13. The fourth-order valence-electron chi connectivity index (χ4n) is 1.16. The van der Waals surface area contributed by atoms with Crippen LogP contribution in [0, 0.1) is 6.92 Å². The summed E-state index contributed by atoms with van der Waals surface area (Å²) in [6.45, 7) is 2.24. The summed E-state index contributed by atoms with van der Waals surface area (Å²) in [6, 6.07) is 1.88. The summed E-state index contributed by atoms with van der Waals surface area (Å²) in [7, 11) is 0.241. The summed E-state index contributed by atoms with van der Waals surface area (Å²) in [5.41, 5.74) is 1.78. The first-order valence-electron chi connectivity index (χ1n) is 4.21. The van der Waals surface area contributed by atoms with E-state index in [1.807, 2.05) is 13.0 Å². The van der Waals surface area contributed by atoms with E-state index in [0.29, 0.717) is 6.54 Å². The first-order valence-corrected chi connectivity index (χ1v) is 6.06. The molecule has 5 nitrogen and oxygen atoms in total. The van der Waals surface area contributed by atoms with Gasteiger partial charge in [0.15, 0.2) is 0 Å². The van der Waals surface area contributed by atoms with Crippen molar-refractivity contribution in [1.82, 2.24) is 14.1 Å². The summed E-state index contributed by atoms with van der Waals surface area (Å²) in [6.07, 6.45) is 1.19. The van der Waals surface area contributed by atoms with Crippen LogP contribution in [-0.2, 0) is 23.6 Å². The van der Waals surface area contributed by atoms with E-state index in [1.54, 1.807) is 18.8 Å². The summed E-state index contributed by atoms with van der Waals surface area (Å²) >= 11 is 0. The van der Waals surface area contributed by atoms with Gasteiger partial charge in [0.25, 0.3) is 0 Å². The second-order valence-corrected chi connectivity index (χ2v) is 5.51. The zero-order chi connectivity index (χ0) is 10.9. The van der Waals surface area contributed by atoms with Gasteiger partial charge in [0.05, 0.1) is 24.2 Å². The molecule has 1 heterocycles. The Kier molecular flexibility index (Phi) is 2.96. The van der Waals surface area contributed by atoms with Gasteiger partial charge in [0, 0.05) is 14.1 Å². The molecule has 0 aromatic carbocycles. The number of hydrogen-bond donors (Lipinski definition) is 0. The van der Waals surface area contributed by atoms with E-state index in [0.717, 1.165) is 11.4 Å². The molecule has 0 saturated carbocycles. The fraction of sp³-hybridized carbons (Fsp3) is 0.625. The van der Waals surface area contributed by atoms with E-state index in [4.69, 9.17) is 0 Å². The lowest BCUT2D eigenvalue weighted by molar-refractivity contribution is 0.457. The number of rotatable bonds is 3. The number of hydrogen-bond acceptors (Lipinski definition) is 3. The summed E-state index contributed by atoms with van der Waals surface area (Å²) in [4.78, 5) is 0. The lowest BCUT2D eigenvalue weighted by Crippen LogP contribution is -2.25. The molecule has 80 valence electrons. The first-order chi connectivity index (χ1) is 6.30. The van der Waals surface area contributed by atoms with Gasteiger partial charge in [-0.25, -0.2) is 8.42 Å². The predicted molar refractivity (Wildman–Crippen MR) is 54.3 cm³/mol. The Morgan fingerprint density at radius 3 is 2.50 bits per heavy atom. The minimum absolute atomic E-state index is 0.357. The average Bonchev–Trinajstić information content (AvgIpc) is 2.28. The molecule has 0 N–H and O–H groups in total. The zero-order valence-electron chi connectivity index (χ0n) is 8.85. The van der Waals surface area contributed by atoms with Crippen LogP contribution < -0.4 is 0 Å². The van der Waals surface area contributed by atoms with E-state index in [9.17, 15) is 8.42 Å². The Balaban J connectivity index is 2.85. The Bertz CT molecular complexity index is 422. The number of aryl methyl sites for hydroxylation is 2. The van der Waals surface area contributed by atoms with Crippen LogP contribution in [0.5, 0.6) is 0 Å². The van der Waals surface area contributed by atoms with Crippen molar-refractivity contribution in [3.63, 3.8) is 0 Å². The standard InChI is InChI=1S/C8H15N3O2S/c1-7-5-8(11(3)9-7)6-10(2)14(4,12)13/h5H,6H2,1-4H3. The molecule has 0 saturated heterocycles. The van der Waals surface area contributed by atoms with Crippen LogP contribution in [0.25, 0.3) is 0 Å². The van der Waals surface area contributed by atoms with Gasteiger partial charge in [-0.3, -0.25) is 4.68 Å². The molecule has 0 aliphatic heterocycles. The molecule has 0 radical (unpaired) electrons. The smallest absolute Gasteiger partial charge is 0.211 e. The van der Waals surface area contributed by atoms with Crippen molar-refractivity contribution in [2.45, 2.75) is 13.5 Å². The third-order valence-electron chi connectivity index (χ3n) is 2.05. The highest BCUT2D eigenvalue weighted by Crippen LogP contribution is 2.06. The maximum Gasteiger partial charge on any atom is 0.211 e. The Labute approximate surface area is 84.4 Å².